The summed E-state index contributed by atoms with van der Waals surface area (Å²) in [6, 6.07) is 11.5. The van der Waals surface area contributed by atoms with Gasteiger partial charge >= 0.3 is 0 Å². The van der Waals surface area contributed by atoms with Crippen LogP contribution in [-0.4, -0.2) is 42.7 Å². The van der Waals surface area contributed by atoms with E-state index in [0.29, 0.717) is 34.5 Å². The van der Waals surface area contributed by atoms with Crippen LogP contribution in [0.1, 0.15) is 33.4 Å². The van der Waals surface area contributed by atoms with Crippen molar-refractivity contribution in [3.8, 4) is 34.5 Å². The molecule has 3 rings (SSSR count). The molecule has 0 N–H and O–H groups in total. The molecule has 3 aromatic carbocycles. The number of rotatable bonds is 12. The van der Waals surface area contributed by atoms with Crippen LogP contribution in [0.5, 0.6) is 34.5 Å². The highest BCUT2D eigenvalue weighted by molar-refractivity contribution is 5.82. The lowest BCUT2D eigenvalue weighted by Gasteiger charge is -2.13. The zero-order chi connectivity index (χ0) is 27.7. The second-order valence-corrected chi connectivity index (χ2v) is 8.08. The lowest BCUT2D eigenvalue weighted by atomic mass is 10.0. The van der Waals surface area contributed by atoms with Crippen molar-refractivity contribution in [3.05, 3.63) is 82.9 Å². The number of methoxy groups -OCH3 is 6. The van der Waals surface area contributed by atoms with Crippen LogP contribution in [-0.2, 0) is 0 Å². The van der Waals surface area contributed by atoms with Crippen LogP contribution in [0.25, 0.3) is 36.5 Å². The quantitative estimate of drug-likeness (QED) is 0.235. The van der Waals surface area contributed by atoms with Crippen LogP contribution < -0.4 is 28.4 Å². The Bertz CT molecular complexity index is 1260. The van der Waals surface area contributed by atoms with Crippen molar-refractivity contribution in [2.45, 2.75) is 0 Å². The van der Waals surface area contributed by atoms with Crippen LogP contribution in [0.4, 0.5) is 0 Å². The summed E-state index contributed by atoms with van der Waals surface area (Å²) in [5.41, 5.74) is 5.08. The first-order valence-electron chi connectivity index (χ1n) is 11.9. The molecule has 0 aromatic heterocycles. The first kappa shape index (κ1) is 28.0. The van der Waals surface area contributed by atoms with Crippen LogP contribution in [0, 0.1) is 0 Å². The van der Waals surface area contributed by atoms with Crippen LogP contribution >= 0.6 is 0 Å². The Labute approximate surface area is 225 Å². The number of hydrogen-bond donors (Lipinski definition) is 0. The molecule has 0 aliphatic rings. The van der Waals surface area contributed by atoms with Crippen molar-refractivity contribution in [2.24, 2.45) is 0 Å². The predicted octanol–water partition coefficient (Wildman–Crippen LogP) is 7.37. The fourth-order valence-electron chi connectivity index (χ4n) is 4.03. The molecule has 6 nitrogen and oxygen atoms in total. The minimum atomic E-state index is 0.682. The molecule has 0 saturated carbocycles. The molecule has 0 amide bonds. The van der Waals surface area contributed by atoms with Crippen molar-refractivity contribution in [3.63, 3.8) is 0 Å². The predicted molar refractivity (Wildman–Crippen MR) is 157 cm³/mol. The molecule has 0 atom stereocenters. The van der Waals surface area contributed by atoms with E-state index in [9.17, 15) is 0 Å². The van der Waals surface area contributed by atoms with Gasteiger partial charge in [-0.15, -0.1) is 0 Å². The molecule has 0 aliphatic carbocycles. The maximum absolute atomic E-state index is 5.71. The Kier molecular flexibility index (Phi) is 9.66. The van der Waals surface area contributed by atoms with E-state index in [1.54, 1.807) is 54.8 Å². The van der Waals surface area contributed by atoms with Crippen molar-refractivity contribution in [2.75, 3.05) is 42.7 Å². The van der Waals surface area contributed by atoms with Gasteiger partial charge in [0.1, 0.15) is 34.5 Å². The highest BCUT2D eigenvalue weighted by Crippen LogP contribution is 2.36. The van der Waals surface area contributed by atoms with Crippen LogP contribution in [0.2, 0.25) is 0 Å². The first-order valence-corrected chi connectivity index (χ1v) is 11.9. The van der Waals surface area contributed by atoms with Gasteiger partial charge in [-0.1, -0.05) is 49.6 Å². The third-order valence-corrected chi connectivity index (χ3v) is 6.07. The lowest BCUT2D eigenvalue weighted by molar-refractivity contribution is 0.401. The molecule has 0 heterocycles. The van der Waals surface area contributed by atoms with E-state index in [1.165, 1.54) is 0 Å². The van der Waals surface area contributed by atoms with Gasteiger partial charge in [-0.3, -0.25) is 0 Å². The van der Waals surface area contributed by atoms with Crippen LogP contribution in [0.15, 0.2) is 49.6 Å². The fourth-order valence-corrected chi connectivity index (χ4v) is 4.03. The normalized spacial score (nSPS) is 10.9. The number of hydrogen-bond acceptors (Lipinski definition) is 6. The van der Waals surface area contributed by atoms with Gasteiger partial charge in [0.05, 0.1) is 42.7 Å². The molecular weight excluding hydrogens is 480 g/mol. The van der Waals surface area contributed by atoms with Gasteiger partial charge in [0.15, 0.2) is 0 Å². The van der Waals surface area contributed by atoms with Gasteiger partial charge in [0, 0.05) is 33.4 Å². The van der Waals surface area contributed by atoms with E-state index in [-0.39, 0.29) is 0 Å². The van der Waals surface area contributed by atoms with Gasteiger partial charge in [-0.05, 0) is 36.4 Å². The molecule has 0 bridgehead atoms. The van der Waals surface area contributed by atoms with E-state index in [2.05, 4.69) is 13.2 Å². The Balaban J connectivity index is 2.03. The highest BCUT2D eigenvalue weighted by atomic mass is 16.5. The molecule has 0 fully saturated rings. The summed E-state index contributed by atoms with van der Waals surface area (Å²) in [7, 11) is 9.79. The summed E-state index contributed by atoms with van der Waals surface area (Å²) in [5.74, 6) is 4.18. The summed E-state index contributed by atoms with van der Waals surface area (Å²) in [5, 5.41) is 0. The van der Waals surface area contributed by atoms with Gasteiger partial charge in [0.25, 0.3) is 0 Å². The zero-order valence-electron chi connectivity index (χ0n) is 22.8. The van der Waals surface area contributed by atoms with E-state index in [0.717, 1.165) is 33.4 Å². The SMILES string of the molecule is C=Cc1cc(OC)c(/C=C/c2cc(OC)c(/C=C/c3cc(OC)c(C=C)cc3OC)cc2OC)cc1OC. The Hall–Kier alpha value is -4.58. The summed E-state index contributed by atoms with van der Waals surface area (Å²) >= 11 is 0. The van der Waals surface area contributed by atoms with Crippen molar-refractivity contribution < 1.29 is 28.4 Å². The van der Waals surface area contributed by atoms with Gasteiger partial charge in [0.2, 0.25) is 0 Å². The summed E-state index contributed by atoms with van der Waals surface area (Å²) < 4.78 is 33.6. The zero-order valence-corrected chi connectivity index (χ0v) is 22.8. The van der Waals surface area contributed by atoms with Gasteiger partial charge in [-0.2, -0.15) is 0 Å². The molecule has 0 spiro atoms. The lowest BCUT2D eigenvalue weighted by Crippen LogP contribution is -1.95. The minimum absolute atomic E-state index is 0.682. The van der Waals surface area contributed by atoms with E-state index in [1.807, 2.05) is 60.7 Å². The van der Waals surface area contributed by atoms with Gasteiger partial charge < -0.3 is 28.4 Å². The molecule has 0 radical (unpaired) electrons. The number of ether oxygens (including phenoxy) is 6. The summed E-state index contributed by atoms with van der Waals surface area (Å²) in [6.07, 6.45) is 11.2. The van der Waals surface area contributed by atoms with Crippen molar-refractivity contribution >= 4 is 36.5 Å². The Morgan fingerprint density at radius 1 is 0.368 bits per heavy atom. The topological polar surface area (TPSA) is 55.4 Å². The van der Waals surface area contributed by atoms with E-state index >= 15 is 0 Å². The molecule has 198 valence electrons. The monoisotopic (exact) mass is 514 g/mol. The Morgan fingerprint density at radius 3 is 0.737 bits per heavy atom. The smallest absolute Gasteiger partial charge is 0.126 e. The second-order valence-electron chi connectivity index (χ2n) is 8.08. The van der Waals surface area contributed by atoms with Gasteiger partial charge in [-0.25, -0.2) is 0 Å². The van der Waals surface area contributed by atoms with Crippen LogP contribution in [0.3, 0.4) is 0 Å². The maximum atomic E-state index is 5.71. The molecule has 0 saturated heterocycles. The maximum Gasteiger partial charge on any atom is 0.126 e. The third kappa shape index (κ3) is 6.03. The molecule has 3 aromatic rings. The summed E-state index contributed by atoms with van der Waals surface area (Å²) in [6.45, 7) is 7.68. The highest BCUT2D eigenvalue weighted by Gasteiger charge is 2.12. The minimum Gasteiger partial charge on any atom is -0.496 e. The molecule has 0 aliphatic heterocycles. The van der Waals surface area contributed by atoms with Crippen molar-refractivity contribution in [1.29, 1.82) is 0 Å². The molecule has 6 heteroatoms. The average Bonchev–Trinajstić information content (AvgIpc) is 2.97. The first-order chi connectivity index (χ1) is 18.5. The molecular formula is C32H34O6. The largest absolute Gasteiger partial charge is 0.496 e. The number of benzene rings is 3. The van der Waals surface area contributed by atoms with E-state index in [4.69, 9.17) is 28.4 Å². The van der Waals surface area contributed by atoms with E-state index < -0.39 is 0 Å². The second kappa shape index (κ2) is 13.1. The standard InChI is InChI=1S/C32H34O6/c1-9-21-15-29(35-5)23(17-27(21)33-3)11-13-25-19-32(38-8)26(20-31(25)37-7)14-12-24-18-28(34-4)22(10-2)16-30(24)36-6/h9-20H,1-2H2,3-8H3/b13-11+,14-12+. The third-order valence-electron chi connectivity index (χ3n) is 6.07. The average molecular weight is 515 g/mol. The van der Waals surface area contributed by atoms with Crippen molar-refractivity contribution in [1.82, 2.24) is 0 Å². The fraction of sp³-hybridized carbons (Fsp3) is 0.188. The summed E-state index contributed by atoms with van der Waals surface area (Å²) in [4.78, 5) is 0. The molecule has 0 unspecified atom stereocenters. The molecule has 38 heavy (non-hydrogen) atoms. The Morgan fingerprint density at radius 2 is 0.553 bits per heavy atom.